The molecule has 0 saturated heterocycles. The predicted octanol–water partition coefficient (Wildman–Crippen LogP) is 4.49. The maximum absolute atomic E-state index is 12.2. The Kier molecular flexibility index (Phi) is 7.25. The molecule has 0 aliphatic carbocycles. The summed E-state index contributed by atoms with van der Waals surface area (Å²) in [5.41, 5.74) is 2.80. The Morgan fingerprint density at radius 1 is 0.862 bits per heavy atom. The van der Waals surface area contributed by atoms with E-state index in [4.69, 9.17) is 21.1 Å². The van der Waals surface area contributed by atoms with Crippen LogP contribution in [0.25, 0.3) is 0 Å². The molecule has 3 rings (SSSR count). The minimum atomic E-state index is -0.641. The number of esters is 1. The van der Waals surface area contributed by atoms with Crippen molar-refractivity contribution >= 4 is 29.2 Å². The van der Waals surface area contributed by atoms with Gasteiger partial charge in [-0.3, -0.25) is 4.79 Å². The van der Waals surface area contributed by atoms with Crippen molar-refractivity contribution in [3.8, 4) is 5.75 Å². The van der Waals surface area contributed by atoms with Crippen molar-refractivity contribution in [3.05, 3.63) is 95.0 Å². The predicted molar refractivity (Wildman–Crippen MR) is 112 cm³/mol. The molecule has 5 nitrogen and oxygen atoms in total. The highest BCUT2D eigenvalue weighted by molar-refractivity contribution is 6.30. The highest BCUT2D eigenvalue weighted by Gasteiger charge is 2.11. The second kappa shape index (κ2) is 10.3. The summed E-state index contributed by atoms with van der Waals surface area (Å²) in [4.78, 5) is 24.0. The molecule has 0 atom stereocenters. The third kappa shape index (κ3) is 6.66. The summed E-state index contributed by atoms with van der Waals surface area (Å²) in [7, 11) is 0. The Labute approximate surface area is 174 Å². The monoisotopic (exact) mass is 409 g/mol. The fraction of sp³-hybridized carbons (Fsp3) is 0.130. The number of carbonyl (C=O) groups excluding carboxylic acids is 2. The van der Waals surface area contributed by atoms with Gasteiger partial charge < -0.3 is 14.8 Å². The quantitative estimate of drug-likeness (QED) is 0.557. The smallest absolute Gasteiger partial charge is 0.344 e. The molecule has 3 aromatic rings. The number of hydrogen-bond donors (Lipinski definition) is 1. The zero-order valence-electron chi connectivity index (χ0n) is 15.6. The lowest BCUT2D eigenvalue weighted by molar-refractivity contribution is -0.149. The van der Waals surface area contributed by atoms with E-state index in [1.54, 1.807) is 24.3 Å². The molecule has 0 heterocycles. The summed E-state index contributed by atoms with van der Waals surface area (Å²) < 4.78 is 10.3. The Bertz CT molecular complexity index is 975. The van der Waals surface area contributed by atoms with Gasteiger partial charge >= 0.3 is 5.97 Å². The fourth-order valence-corrected chi connectivity index (χ4v) is 2.87. The summed E-state index contributed by atoms with van der Waals surface area (Å²) in [5.74, 6) is -0.604. The molecular weight excluding hydrogens is 390 g/mol. The highest BCUT2D eigenvalue weighted by Crippen LogP contribution is 2.19. The number of benzene rings is 3. The van der Waals surface area contributed by atoms with Crippen molar-refractivity contribution in [2.45, 2.75) is 6.42 Å². The molecule has 0 bridgehead atoms. The number of carbonyl (C=O) groups is 2. The van der Waals surface area contributed by atoms with Crippen LogP contribution in [0.15, 0.2) is 78.9 Å². The molecule has 0 aromatic heterocycles. The van der Waals surface area contributed by atoms with E-state index in [0.29, 0.717) is 22.9 Å². The van der Waals surface area contributed by atoms with Crippen molar-refractivity contribution in [2.75, 3.05) is 18.5 Å². The first kappa shape index (κ1) is 20.4. The molecule has 0 unspecified atom stereocenters. The summed E-state index contributed by atoms with van der Waals surface area (Å²) in [6.07, 6.45) is 0.685. The summed E-state index contributed by atoms with van der Waals surface area (Å²) >= 11 is 5.85. The molecule has 1 amide bonds. The largest absolute Gasteiger partial charge is 0.482 e. The number of ether oxygens (including phenoxy) is 2. The number of rotatable bonds is 8. The summed E-state index contributed by atoms with van der Waals surface area (Å²) in [6.45, 7) is -0.699. The topological polar surface area (TPSA) is 64.6 Å². The number of amides is 1. The zero-order chi connectivity index (χ0) is 20.5. The van der Waals surface area contributed by atoms with Gasteiger partial charge in [0.15, 0.2) is 13.2 Å². The molecule has 0 fully saturated rings. The van der Waals surface area contributed by atoms with Crippen LogP contribution in [0.4, 0.5) is 5.69 Å². The first-order chi connectivity index (χ1) is 14.1. The molecule has 1 N–H and O–H groups in total. The lowest BCUT2D eigenvalue weighted by atomic mass is 10.0. The van der Waals surface area contributed by atoms with Crippen molar-refractivity contribution < 1.29 is 19.1 Å². The van der Waals surface area contributed by atoms with Gasteiger partial charge in [0.25, 0.3) is 5.91 Å². The van der Waals surface area contributed by atoms with Gasteiger partial charge in [0.1, 0.15) is 5.75 Å². The number of halogens is 1. The van der Waals surface area contributed by atoms with Gasteiger partial charge in [0.05, 0.1) is 0 Å². The van der Waals surface area contributed by atoms with Crippen LogP contribution in [0.2, 0.25) is 5.02 Å². The third-order valence-electron chi connectivity index (χ3n) is 4.05. The summed E-state index contributed by atoms with van der Waals surface area (Å²) in [5, 5.41) is 3.30. The van der Waals surface area contributed by atoms with Gasteiger partial charge in [0, 0.05) is 10.7 Å². The molecule has 29 heavy (non-hydrogen) atoms. The van der Waals surface area contributed by atoms with Gasteiger partial charge in [-0.2, -0.15) is 0 Å². The minimum absolute atomic E-state index is 0.307. The number of nitrogens with one attached hydrogen (secondary N) is 1. The summed E-state index contributed by atoms with van der Waals surface area (Å²) in [6, 6.07) is 24.2. The van der Waals surface area contributed by atoms with Crippen LogP contribution in [-0.2, 0) is 20.7 Å². The molecule has 0 aliphatic rings. The van der Waals surface area contributed by atoms with Crippen LogP contribution < -0.4 is 10.1 Å². The lowest BCUT2D eigenvalue weighted by Gasteiger charge is -2.12. The van der Waals surface area contributed by atoms with E-state index in [2.05, 4.69) is 5.32 Å². The van der Waals surface area contributed by atoms with Crippen molar-refractivity contribution in [2.24, 2.45) is 0 Å². The van der Waals surface area contributed by atoms with Gasteiger partial charge in [-0.25, -0.2) is 4.79 Å². The molecule has 0 saturated carbocycles. The van der Waals surface area contributed by atoms with E-state index < -0.39 is 18.5 Å². The van der Waals surface area contributed by atoms with Crippen LogP contribution in [0.3, 0.4) is 0 Å². The normalized spacial score (nSPS) is 10.2. The number of hydrogen-bond acceptors (Lipinski definition) is 4. The zero-order valence-corrected chi connectivity index (χ0v) is 16.4. The van der Waals surface area contributed by atoms with Gasteiger partial charge in [0.2, 0.25) is 0 Å². The van der Waals surface area contributed by atoms with Crippen LogP contribution >= 0.6 is 11.6 Å². The van der Waals surface area contributed by atoms with Gasteiger partial charge in [-0.05, 0) is 41.8 Å². The standard InChI is InChI=1S/C23H20ClNO4/c24-19-10-6-11-20(14-19)28-16-23(27)29-15-22(26)25-21-12-5-4-9-18(21)13-17-7-2-1-3-8-17/h1-12,14H,13,15-16H2,(H,25,26). The molecular formula is C23H20ClNO4. The van der Waals surface area contributed by atoms with Gasteiger partial charge in [-0.1, -0.05) is 66.2 Å². The molecule has 3 aromatic carbocycles. The fourth-order valence-electron chi connectivity index (χ4n) is 2.69. The van der Waals surface area contributed by atoms with E-state index in [1.165, 1.54) is 0 Å². The number of para-hydroxylation sites is 1. The van der Waals surface area contributed by atoms with Crippen molar-refractivity contribution in [1.82, 2.24) is 0 Å². The molecule has 0 radical (unpaired) electrons. The lowest BCUT2D eigenvalue weighted by Crippen LogP contribution is -2.24. The van der Waals surface area contributed by atoms with E-state index in [9.17, 15) is 9.59 Å². The van der Waals surface area contributed by atoms with Gasteiger partial charge in [-0.15, -0.1) is 0 Å². The average Bonchev–Trinajstić information content (AvgIpc) is 2.73. The second-order valence-corrected chi connectivity index (χ2v) is 6.71. The average molecular weight is 410 g/mol. The minimum Gasteiger partial charge on any atom is -0.482 e. The molecule has 0 aliphatic heterocycles. The van der Waals surface area contributed by atoms with Crippen molar-refractivity contribution in [3.63, 3.8) is 0 Å². The van der Waals surface area contributed by atoms with Crippen LogP contribution in [0, 0.1) is 0 Å². The number of anilines is 1. The Morgan fingerprint density at radius 2 is 1.62 bits per heavy atom. The molecule has 0 spiro atoms. The van der Waals surface area contributed by atoms with E-state index in [1.807, 2.05) is 54.6 Å². The third-order valence-corrected chi connectivity index (χ3v) is 4.28. The maximum Gasteiger partial charge on any atom is 0.344 e. The van der Waals surface area contributed by atoms with E-state index >= 15 is 0 Å². The second-order valence-electron chi connectivity index (χ2n) is 6.27. The van der Waals surface area contributed by atoms with E-state index in [-0.39, 0.29) is 6.61 Å². The SMILES string of the molecule is O=C(COC(=O)COc1cccc(Cl)c1)Nc1ccccc1Cc1ccccc1. The molecule has 148 valence electrons. The Morgan fingerprint density at radius 3 is 2.41 bits per heavy atom. The van der Waals surface area contributed by atoms with E-state index in [0.717, 1.165) is 11.1 Å². The highest BCUT2D eigenvalue weighted by atomic mass is 35.5. The Balaban J connectivity index is 1.49. The first-order valence-corrected chi connectivity index (χ1v) is 9.43. The van der Waals surface area contributed by atoms with Crippen LogP contribution in [-0.4, -0.2) is 25.1 Å². The maximum atomic E-state index is 12.2. The Hall–Kier alpha value is -3.31. The van der Waals surface area contributed by atoms with Crippen LogP contribution in [0.1, 0.15) is 11.1 Å². The first-order valence-electron chi connectivity index (χ1n) is 9.06. The van der Waals surface area contributed by atoms with Crippen molar-refractivity contribution in [1.29, 1.82) is 0 Å². The molecule has 6 heteroatoms. The van der Waals surface area contributed by atoms with Crippen LogP contribution in [0.5, 0.6) is 5.75 Å².